The molecule has 0 bridgehead atoms. The Bertz CT molecular complexity index is 1500. The van der Waals surface area contributed by atoms with Crippen molar-refractivity contribution in [2.75, 3.05) is 5.75 Å². The normalized spacial score (nSPS) is 13.4. The van der Waals surface area contributed by atoms with Gasteiger partial charge in [0.1, 0.15) is 17.3 Å². The maximum absolute atomic E-state index is 13.1. The largest absolute Gasteiger partial charge is 0.433 e. The van der Waals surface area contributed by atoms with Crippen LogP contribution >= 0.6 is 11.6 Å². The Morgan fingerprint density at radius 3 is 2.38 bits per heavy atom. The lowest BCUT2D eigenvalue weighted by Crippen LogP contribution is -2.14. The molecule has 0 amide bonds. The van der Waals surface area contributed by atoms with Crippen molar-refractivity contribution in [2.45, 2.75) is 18.0 Å². The van der Waals surface area contributed by atoms with Crippen LogP contribution in [0.1, 0.15) is 23.7 Å². The van der Waals surface area contributed by atoms with Crippen LogP contribution in [0, 0.1) is 11.8 Å². The molecule has 2 aromatic carbocycles. The average Bonchev–Trinajstić information content (AvgIpc) is 3.13. The molecule has 0 radical (unpaired) electrons. The number of benzene rings is 2. The molecular weight excluding hydrogens is 487 g/mol. The number of rotatable bonds is 3. The summed E-state index contributed by atoms with van der Waals surface area (Å²) in [7, 11) is -1.84. The number of hydrogen-bond acceptors (Lipinski definition) is 3. The molecule has 0 aliphatic heterocycles. The summed E-state index contributed by atoms with van der Waals surface area (Å²) in [4.78, 5) is 7.93. The number of fused-ring (bicyclic) bond motifs is 1. The first-order chi connectivity index (χ1) is 16.0. The number of aryl methyl sites for hydroxylation is 1. The maximum Gasteiger partial charge on any atom is 0.433 e. The van der Waals surface area contributed by atoms with E-state index in [0.717, 1.165) is 17.8 Å². The van der Waals surface area contributed by atoms with E-state index >= 15 is 0 Å². The topological polar surface area (TPSA) is 68.0 Å². The molecule has 0 aliphatic rings. The van der Waals surface area contributed by atoms with Crippen LogP contribution in [0.2, 0.25) is 5.02 Å². The van der Waals surface area contributed by atoms with E-state index in [-0.39, 0.29) is 22.0 Å². The van der Waals surface area contributed by atoms with E-state index in [2.05, 4.69) is 21.8 Å². The molecule has 174 valence electrons. The second-order valence-electron chi connectivity index (χ2n) is 7.45. The number of imidazole rings is 1. The van der Waals surface area contributed by atoms with E-state index in [9.17, 15) is 21.9 Å². The van der Waals surface area contributed by atoms with E-state index in [4.69, 9.17) is 11.6 Å². The minimum absolute atomic E-state index is 0.0578. The van der Waals surface area contributed by atoms with Gasteiger partial charge in [0.2, 0.25) is 15.1 Å². The fraction of sp³-hybridized carbons (Fsp3) is 0.167. The quantitative estimate of drug-likeness (QED) is 0.272. The SMILES string of the molecule is CC[S+](=O)(O)c1cc(C#Cc2ccc(Cl)cc2)ccc1-c1nc2cc(C(F)(F)F)ncc2n1C. The molecule has 4 rings (SSSR count). The smallest absolute Gasteiger partial charge is 0.326 e. The summed E-state index contributed by atoms with van der Waals surface area (Å²) in [5.41, 5.74) is 0.943. The van der Waals surface area contributed by atoms with Gasteiger partial charge < -0.3 is 4.57 Å². The maximum atomic E-state index is 13.1. The number of aromatic nitrogens is 3. The molecule has 0 spiro atoms. The van der Waals surface area contributed by atoms with Gasteiger partial charge in [-0.3, -0.25) is 0 Å². The minimum Gasteiger partial charge on any atom is -0.326 e. The van der Waals surface area contributed by atoms with Crippen LogP contribution in [0.25, 0.3) is 22.4 Å². The molecular formula is C24H18ClF3N3O2S+. The Morgan fingerprint density at radius 1 is 1.09 bits per heavy atom. The van der Waals surface area contributed by atoms with Crippen molar-refractivity contribution >= 4 is 32.8 Å². The van der Waals surface area contributed by atoms with Crippen molar-refractivity contribution in [3.8, 4) is 23.2 Å². The molecule has 0 saturated carbocycles. The van der Waals surface area contributed by atoms with Crippen molar-refractivity contribution in [1.82, 2.24) is 14.5 Å². The summed E-state index contributed by atoms with van der Waals surface area (Å²) in [6.07, 6.45) is -3.51. The molecule has 2 heterocycles. The molecule has 1 unspecified atom stereocenters. The summed E-state index contributed by atoms with van der Waals surface area (Å²) in [6.45, 7) is 1.58. The number of alkyl halides is 3. The zero-order chi connectivity index (χ0) is 24.7. The van der Waals surface area contributed by atoms with E-state index in [1.807, 2.05) is 0 Å². The Hall–Kier alpha value is -3.19. The predicted molar refractivity (Wildman–Crippen MR) is 126 cm³/mol. The highest BCUT2D eigenvalue weighted by Gasteiger charge is 2.34. The second kappa shape index (κ2) is 8.87. The zero-order valence-electron chi connectivity index (χ0n) is 18.0. The van der Waals surface area contributed by atoms with Gasteiger partial charge in [0.25, 0.3) is 0 Å². The fourth-order valence-electron chi connectivity index (χ4n) is 3.37. The van der Waals surface area contributed by atoms with Crippen LogP contribution in [0.3, 0.4) is 0 Å². The molecule has 0 saturated heterocycles. The van der Waals surface area contributed by atoms with Crippen LogP contribution in [-0.4, -0.2) is 24.8 Å². The van der Waals surface area contributed by atoms with Crippen LogP contribution in [0.15, 0.2) is 59.6 Å². The Balaban J connectivity index is 1.85. The molecule has 1 atom stereocenters. The van der Waals surface area contributed by atoms with Gasteiger partial charge >= 0.3 is 6.18 Å². The van der Waals surface area contributed by atoms with Crippen LogP contribution in [-0.2, 0) is 27.6 Å². The van der Waals surface area contributed by atoms with Gasteiger partial charge in [-0.15, -0.1) is 0 Å². The highest BCUT2D eigenvalue weighted by molar-refractivity contribution is 7.97. The molecule has 4 aromatic rings. The van der Waals surface area contributed by atoms with Crippen molar-refractivity contribution in [3.05, 3.63) is 76.6 Å². The molecule has 0 aliphatic carbocycles. The standard InChI is InChI=1S/C24H17ClF3N3O2S/c1-3-34(32,33)21-12-16(5-4-15-6-9-17(25)10-7-15)8-11-18(21)23-30-19-13-22(24(26,27)28)29-14-20(19)31(23)2/h6-14H,3H2,1-2H3/p+1. The Morgan fingerprint density at radius 2 is 1.74 bits per heavy atom. The van der Waals surface area contributed by atoms with Crippen LogP contribution in [0.5, 0.6) is 0 Å². The number of halogens is 4. The van der Waals surface area contributed by atoms with Gasteiger partial charge in [0, 0.05) is 29.3 Å². The summed E-state index contributed by atoms with van der Waals surface area (Å²) in [6, 6.07) is 12.6. The highest BCUT2D eigenvalue weighted by atomic mass is 35.5. The summed E-state index contributed by atoms with van der Waals surface area (Å²) in [5.74, 6) is 6.14. The van der Waals surface area contributed by atoms with Crippen LogP contribution < -0.4 is 0 Å². The minimum atomic E-state index is -4.61. The predicted octanol–water partition coefficient (Wildman–Crippen LogP) is 6.06. The lowest BCUT2D eigenvalue weighted by molar-refractivity contribution is -0.141. The van der Waals surface area contributed by atoms with Crippen molar-refractivity contribution in [3.63, 3.8) is 0 Å². The summed E-state index contributed by atoms with van der Waals surface area (Å²) >= 11 is 5.89. The first kappa shape index (κ1) is 24.0. The third-order valence-electron chi connectivity index (χ3n) is 5.21. The summed E-state index contributed by atoms with van der Waals surface area (Å²) in [5, 5.41) is 0.583. The fourth-order valence-corrected chi connectivity index (χ4v) is 4.62. The third-order valence-corrected chi connectivity index (χ3v) is 7.27. The lowest BCUT2D eigenvalue weighted by Gasteiger charge is -2.09. The van der Waals surface area contributed by atoms with Gasteiger partial charge in [-0.25, -0.2) is 9.97 Å². The van der Waals surface area contributed by atoms with E-state index in [1.165, 1.54) is 6.07 Å². The highest BCUT2D eigenvalue weighted by Crippen LogP contribution is 2.34. The third kappa shape index (κ3) is 4.71. The molecule has 5 nitrogen and oxygen atoms in total. The Labute approximate surface area is 199 Å². The van der Waals surface area contributed by atoms with Gasteiger partial charge in [-0.05, 0) is 49.4 Å². The van der Waals surface area contributed by atoms with Crippen molar-refractivity contribution < 1.29 is 21.9 Å². The molecule has 0 fully saturated rings. The van der Waals surface area contributed by atoms with E-state index in [0.29, 0.717) is 21.7 Å². The number of hydrogen-bond donors (Lipinski definition) is 1. The average molecular weight is 505 g/mol. The molecule has 1 N–H and O–H groups in total. The Kier molecular flexibility index (Phi) is 6.25. The van der Waals surface area contributed by atoms with Gasteiger partial charge in [0.15, 0.2) is 0 Å². The monoisotopic (exact) mass is 504 g/mol. The zero-order valence-corrected chi connectivity index (χ0v) is 19.6. The second-order valence-corrected chi connectivity index (χ2v) is 10.2. The van der Waals surface area contributed by atoms with Crippen LogP contribution in [0.4, 0.5) is 13.2 Å². The molecule has 34 heavy (non-hydrogen) atoms. The van der Waals surface area contributed by atoms with E-state index < -0.39 is 22.1 Å². The summed E-state index contributed by atoms with van der Waals surface area (Å²) < 4.78 is 64.5. The molecule has 2 aromatic heterocycles. The number of nitrogens with zero attached hydrogens (tertiary/aromatic N) is 3. The van der Waals surface area contributed by atoms with Crippen molar-refractivity contribution in [2.24, 2.45) is 7.05 Å². The lowest BCUT2D eigenvalue weighted by atomic mass is 10.1. The number of pyridine rings is 1. The van der Waals surface area contributed by atoms with Crippen molar-refractivity contribution in [1.29, 1.82) is 0 Å². The van der Waals surface area contributed by atoms with Gasteiger partial charge in [0.05, 0.1) is 22.8 Å². The first-order valence-electron chi connectivity index (χ1n) is 10.1. The first-order valence-corrected chi connectivity index (χ1v) is 12.1. The molecule has 10 heteroatoms. The van der Waals surface area contributed by atoms with Gasteiger partial charge in [-0.1, -0.05) is 27.7 Å². The van der Waals surface area contributed by atoms with E-state index in [1.54, 1.807) is 54.9 Å². The van der Waals surface area contributed by atoms with Gasteiger partial charge in [-0.2, -0.15) is 17.7 Å².